The van der Waals surface area contributed by atoms with E-state index in [1.54, 1.807) is 11.3 Å². The molecule has 0 aliphatic carbocycles. The van der Waals surface area contributed by atoms with Crippen LogP contribution in [-0.4, -0.2) is 34.9 Å². The van der Waals surface area contributed by atoms with E-state index in [1.165, 1.54) is 10.7 Å². The molecule has 2 unspecified atom stereocenters. The van der Waals surface area contributed by atoms with Crippen molar-refractivity contribution in [3.05, 3.63) is 16.1 Å². The maximum absolute atomic E-state index is 12.2. The second-order valence-corrected chi connectivity index (χ2v) is 6.62. The van der Waals surface area contributed by atoms with Crippen molar-refractivity contribution < 1.29 is 4.79 Å². The van der Waals surface area contributed by atoms with Crippen molar-refractivity contribution in [3.63, 3.8) is 0 Å². The molecular formula is C15H25N3OS. The summed E-state index contributed by atoms with van der Waals surface area (Å²) in [6.07, 6.45) is 4.56. The van der Waals surface area contributed by atoms with E-state index >= 15 is 0 Å². The van der Waals surface area contributed by atoms with Crippen molar-refractivity contribution in [2.24, 2.45) is 5.73 Å². The van der Waals surface area contributed by atoms with E-state index in [0.717, 1.165) is 38.8 Å². The molecule has 0 bridgehead atoms. The van der Waals surface area contributed by atoms with Crippen molar-refractivity contribution >= 4 is 17.2 Å². The Morgan fingerprint density at radius 2 is 2.45 bits per heavy atom. The van der Waals surface area contributed by atoms with Crippen molar-refractivity contribution in [3.8, 4) is 0 Å². The van der Waals surface area contributed by atoms with Crippen LogP contribution in [0.5, 0.6) is 0 Å². The van der Waals surface area contributed by atoms with Gasteiger partial charge in [0.1, 0.15) is 0 Å². The molecule has 20 heavy (non-hydrogen) atoms. The number of nitrogens with two attached hydrogens (primary N) is 1. The van der Waals surface area contributed by atoms with Crippen LogP contribution < -0.4 is 5.73 Å². The Balaban J connectivity index is 1.92. The van der Waals surface area contributed by atoms with Crippen molar-refractivity contribution in [1.29, 1.82) is 0 Å². The molecule has 0 radical (unpaired) electrons. The zero-order valence-electron chi connectivity index (χ0n) is 12.5. The zero-order valence-corrected chi connectivity index (χ0v) is 13.3. The molecule has 1 saturated heterocycles. The second kappa shape index (κ2) is 7.18. The average molecular weight is 295 g/mol. The molecular weight excluding hydrogens is 270 g/mol. The standard InChI is InChI=1S/C15H25N3OS/c1-3-13-10-20-15(17-13)12-5-4-8-18(9-12)14(19)7-6-11(2)16/h10-12H,3-9,16H2,1-2H3. The van der Waals surface area contributed by atoms with Gasteiger partial charge in [-0.15, -0.1) is 11.3 Å². The predicted molar refractivity (Wildman–Crippen MR) is 82.9 cm³/mol. The molecule has 0 spiro atoms. The zero-order chi connectivity index (χ0) is 14.5. The van der Waals surface area contributed by atoms with E-state index in [0.29, 0.717) is 12.3 Å². The number of carbonyl (C=O) groups excluding carboxylic acids is 1. The first-order valence-electron chi connectivity index (χ1n) is 7.57. The highest BCUT2D eigenvalue weighted by molar-refractivity contribution is 7.09. The molecule has 2 heterocycles. The maximum atomic E-state index is 12.2. The first-order chi connectivity index (χ1) is 9.60. The number of piperidine rings is 1. The monoisotopic (exact) mass is 295 g/mol. The molecule has 0 saturated carbocycles. The van der Waals surface area contributed by atoms with Crippen LogP contribution in [0.3, 0.4) is 0 Å². The van der Waals surface area contributed by atoms with E-state index < -0.39 is 0 Å². The summed E-state index contributed by atoms with van der Waals surface area (Å²) in [5.74, 6) is 0.674. The number of aromatic nitrogens is 1. The Hall–Kier alpha value is -0.940. The van der Waals surface area contributed by atoms with Gasteiger partial charge < -0.3 is 10.6 Å². The lowest BCUT2D eigenvalue weighted by Crippen LogP contribution is -2.39. The number of likely N-dealkylation sites (tertiary alicyclic amines) is 1. The lowest BCUT2D eigenvalue weighted by Gasteiger charge is -2.32. The molecule has 4 nitrogen and oxygen atoms in total. The fourth-order valence-electron chi connectivity index (χ4n) is 2.59. The predicted octanol–water partition coefficient (Wildman–Crippen LogP) is 2.54. The van der Waals surface area contributed by atoms with Gasteiger partial charge >= 0.3 is 0 Å². The van der Waals surface area contributed by atoms with Gasteiger partial charge in [0.15, 0.2) is 0 Å². The first kappa shape index (κ1) is 15.4. The van der Waals surface area contributed by atoms with Gasteiger partial charge in [0, 0.05) is 36.9 Å². The van der Waals surface area contributed by atoms with Gasteiger partial charge in [0.25, 0.3) is 0 Å². The summed E-state index contributed by atoms with van der Waals surface area (Å²) in [5.41, 5.74) is 6.90. The van der Waals surface area contributed by atoms with E-state index in [9.17, 15) is 4.79 Å². The minimum absolute atomic E-state index is 0.102. The third-order valence-corrected chi connectivity index (χ3v) is 4.92. The van der Waals surface area contributed by atoms with Crippen LogP contribution in [0.1, 0.15) is 56.2 Å². The Morgan fingerprint density at radius 1 is 1.65 bits per heavy atom. The van der Waals surface area contributed by atoms with Crippen LogP contribution in [0.4, 0.5) is 0 Å². The first-order valence-corrected chi connectivity index (χ1v) is 8.45. The molecule has 5 heteroatoms. The van der Waals surface area contributed by atoms with Gasteiger partial charge in [-0.3, -0.25) is 4.79 Å². The minimum Gasteiger partial charge on any atom is -0.342 e. The molecule has 1 fully saturated rings. The van der Waals surface area contributed by atoms with Gasteiger partial charge in [-0.25, -0.2) is 4.98 Å². The summed E-state index contributed by atoms with van der Waals surface area (Å²) >= 11 is 1.74. The summed E-state index contributed by atoms with van der Waals surface area (Å²) in [5, 5.41) is 3.35. The van der Waals surface area contributed by atoms with Gasteiger partial charge in [-0.2, -0.15) is 0 Å². The third kappa shape index (κ3) is 4.03. The van der Waals surface area contributed by atoms with Crippen molar-refractivity contribution in [2.75, 3.05) is 13.1 Å². The minimum atomic E-state index is 0.102. The molecule has 1 aromatic rings. The Labute approximate surface area is 125 Å². The number of hydrogen-bond donors (Lipinski definition) is 1. The molecule has 1 aliphatic rings. The molecule has 1 amide bonds. The summed E-state index contributed by atoms with van der Waals surface area (Å²) in [6.45, 7) is 5.80. The smallest absolute Gasteiger partial charge is 0.222 e. The van der Waals surface area contributed by atoms with E-state index in [1.807, 2.05) is 11.8 Å². The maximum Gasteiger partial charge on any atom is 0.222 e. The van der Waals surface area contributed by atoms with E-state index in [2.05, 4.69) is 17.3 Å². The number of carbonyl (C=O) groups is 1. The summed E-state index contributed by atoms with van der Waals surface area (Å²) in [7, 11) is 0. The summed E-state index contributed by atoms with van der Waals surface area (Å²) in [4.78, 5) is 18.9. The number of hydrogen-bond acceptors (Lipinski definition) is 4. The van der Waals surface area contributed by atoms with E-state index in [-0.39, 0.29) is 11.9 Å². The highest BCUT2D eigenvalue weighted by Crippen LogP contribution is 2.29. The Bertz CT molecular complexity index is 444. The largest absolute Gasteiger partial charge is 0.342 e. The highest BCUT2D eigenvalue weighted by atomic mass is 32.1. The molecule has 0 aromatic carbocycles. The lowest BCUT2D eigenvalue weighted by atomic mass is 9.98. The number of nitrogens with zero attached hydrogens (tertiary/aromatic N) is 2. The molecule has 1 aliphatic heterocycles. The van der Waals surface area contributed by atoms with Crippen molar-refractivity contribution in [2.45, 2.75) is 57.9 Å². The number of rotatable bonds is 5. The van der Waals surface area contributed by atoms with Gasteiger partial charge in [-0.1, -0.05) is 6.92 Å². The average Bonchev–Trinajstić information content (AvgIpc) is 2.94. The van der Waals surface area contributed by atoms with Crippen LogP contribution in [0, 0.1) is 0 Å². The number of amides is 1. The van der Waals surface area contributed by atoms with Crippen LogP contribution in [0.15, 0.2) is 5.38 Å². The highest BCUT2D eigenvalue weighted by Gasteiger charge is 2.26. The SMILES string of the molecule is CCc1csc(C2CCCN(C(=O)CCC(C)N)C2)n1. The Kier molecular flexibility index (Phi) is 5.54. The molecule has 2 rings (SSSR count). The number of aryl methyl sites for hydroxylation is 1. The number of thiazole rings is 1. The molecule has 2 N–H and O–H groups in total. The molecule has 2 atom stereocenters. The van der Waals surface area contributed by atoms with Crippen molar-refractivity contribution in [1.82, 2.24) is 9.88 Å². The quantitative estimate of drug-likeness (QED) is 0.908. The fourth-order valence-corrected chi connectivity index (χ4v) is 3.62. The summed E-state index contributed by atoms with van der Waals surface area (Å²) < 4.78 is 0. The second-order valence-electron chi connectivity index (χ2n) is 5.73. The third-order valence-electron chi connectivity index (χ3n) is 3.87. The van der Waals surface area contributed by atoms with Gasteiger partial charge in [0.2, 0.25) is 5.91 Å². The fraction of sp³-hybridized carbons (Fsp3) is 0.733. The van der Waals surface area contributed by atoms with Crippen LogP contribution in [-0.2, 0) is 11.2 Å². The molecule has 1 aromatic heterocycles. The van der Waals surface area contributed by atoms with E-state index in [4.69, 9.17) is 5.73 Å². The molecule has 112 valence electrons. The normalized spacial score (nSPS) is 20.9. The Morgan fingerprint density at radius 3 is 3.10 bits per heavy atom. The van der Waals surface area contributed by atoms with Crippen LogP contribution in [0.25, 0.3) is 0 Å². The van der Waals surface area contributed by atoms with Crippen LogP contribution in [0.2, 0.25) is 0 Å². The topological polar surface area (TPSA) is 59.2 Å². The van der Waals surface area contributed by atoms with Gasteiger partial charge in [-0.05, 0) is 32.6 Å². The van der Waals surface area contributed by atoms with Gasteiger partial charge in [0.05, 0.1) is 10.7 Å². The van der Waals surface area contributed by atoms with Crippen LogP contribution >= 0.6 is 11.3 Å². The summed E-state index contributed by atoms with van der Waals surface area (Å²) in [6, 6.07) is 0.102. The lowest BCUT2D eigenvalue weighted by molar-refractivity contribution is -0.132.